The van der Waals surface area contributed by atoms with Crippen LogP contribution in [-0.2, 0) is 0 Å². The molecular formula is C13H19N3. The van der Waals surface area contributed by atoms with Crippen LogP contribution in [0.1, 0.15) is 31.7 Å². The smallest absolute Gasteiger partial charge is 0.128 e. The van der Waals surface area contributed by atoms with E-state index in [1.807, 2.05) is 6.20 Å². The van der Waals surface area contributed by atoms with Gasteiger partial charge in [0.15, 0.2) is 0 Å². The van der Waals surface area contributed by atoms with Crippen LogP contribution in [0.25, 0.3) is 0 Å². The van der Waals surface area contributed by atoms with Crippen LogP contribution in [0.2, 0.25) is 0 Å². The number of aromatic nitrogens is 1. The molecule has 0 aromatic carbocycles. The summed E-state index contributed by atoms with van der Waals surface area (Å²) in [6, 6.07) is 4.22. The summed E-state index contributed by atoms with van der Waals surface area (Å²) in [5.41, 5.74) is 2.41. The predicted molar refractivity (Wildman–Crippen MR) is 68.4 cm³/mol. The van der Waals surface area contributed by atoms with E-state index in [0.29, 0.717) is 0 Å². The van der Waals surface area contributed by atoms with Crippen molar-refractivity contribution in [3.63, 3.8) is 0 Å². The molecular weight excluding hydrogens is 198 g/mol. The molecule has 1 aliphatic heterocycles. The van der Waals surface area contributed by atoms with Crippen molar-refractivity contribution >= 4 is 11.5 Å². The van der Waals surface area contributed by atoms with Crippen molar-refractivity contribution in [2.45, 2.75) is 26.2 Å². The summed E-state index contributed by atoms with van der Waals surface area (Å²) in [6.45, 7) is 4.08. The largest absolute Gasteiger partial charge is 0.360 e. The van der Waals surface area contributed by atoms with Gasteiger partial charge in [0.2, 0.25) is 0 Å². The van der Waals surface area contributed by atoms with Crippen LogP contribution in [0.15, 0.2) is 23.3 Å². The van der Waals surface area contributed by atoms with Gasteiger partial charge in [-0.15, -0.1) is 0 Å². The van der Waals surface area contributed by atoms with Gasteiger partial charge in [-0.3, -0.25) is 4.99 Å². The molecule has 0 aliphatic carbocycles. The third-order valence-electron chi connectivity index (χ3n) is 3.07. The van der Waals surface area contributed by atoms with Gasteiger partial charge in [0.25, 0.3) is 0 Å². The Balaban J connectivity index is 2.15. The molecule has 0 saturated heterocycles. The Kier molecular flexibility index (Phi) is 3.54. The molecule has 0 saturated carbocycles. The van der Waals surface area contributed by atoms with E-state index in [1.165, 1.54) is 24.1 Å². The molecule has 1 aromatic heterocycles. The zero-order valence-corrected chi connectivity index (χ0v) is 10.1. The molecule has 1 aliphatic rings. The number of pyridine rings is 1. The number of hydrogen-bond acceptors (Lipinski definition) is 3. The summed E-state index contributed by atoms with van der Waals surface area (Å²) in [4.78, 5) is 11.2. The van der Waals surface area contributed by atoms with Crippen molar-refractivity contribution in [3.8, 4) is 0 Å². The first-order valence-corrected chi connectivity index (χ1v) is 6.02. The molecule has 16 heavy (non-hydrogen) atoms. The highest BCUT2D eigenvalue weighted by molar-refractivity contribution is 6.00. The minimum atomic E-state index is 0.978. The first-order chi connectivity index (χ1) is 7.81. The maximum atomic E-state index is 4.56. The van der Waals surface area contributed by atoms with Gasteiger partial charge < -0.3 is 4.90 Å². The fourth-order valence-electron chi connectivity index (χ4n) is 1.88. The van der Waals surface area contributed by atoms with Gasteiger partial charge in [0.1, 0.15) is 5.82 Å². The van der Waals surface area contributed by atoms with Gasteiger partial charge in [-0.25, -0.2) is 4.98 Å². The van der Waals surface area contributed by atoms with Crippen LogP contribution in [-0.4, -0.2) is 30.8 Å². The number of nitrogens with zero attached hydrogens (tertiary/aromatic N) is 3. The first-order valence-electron chi connectivity index (χ1n) is 6.02. The lowest BCUT2D eigenvalue weighted by Gasteiger charge is -2.16. The summed E-state index contributed by atoms with van der Waals surface area (Å²) in [5.74, 6) is 1.03. The van der Waals surface area contributed by atoms with Crippen LogP contribution in [0, 0.1) is 0 Å². The summed E-state index contributed by atoms with van der Waals surface area (Å²) in [6.07, 6.45) is 5.54. The molecule has 0 amide bonds. The van der Waals surface area contributed by atoms with Gasteiger partial charge >= 0.3 is 0 Å². The minimum absolute atomic E-state index is 0.978. The van der Waals surface area contributed by atoms with E-state index in [0.717, 1.165) is 25.3 Å². The fourth-order valence-corrected chi connectivity index (χ4v) is 1.88. The first kappa shape index (κ1) is 11.1. The second kappa shape index (κ2) is 5.10. The second-order valence-electron chi connectivity index (χ2n) is 4.20. The van der Waals surface area contributed by atoms with Crippen LogP contribution < -0.4 is 4.90 Å². The Morgan fingerprint density at radius 1 is 1.31 bits per heavy atom. The van der Waals surface area contributed by atoms with Gasteiger partial charge in [-0.1, -0.05) is 0 Å². The molecule has 3 heteroatoms. The molecule has 0 atom stereocenters. The van der Waals surface area contributed by atoms with E-state index >= 15 is 0 Å². The Labute approximate surface area is 97.2 Å². The summed E-state index contributed by atoms with van der Waals surface area (Å²) < 4.78 is 0. The zero-order chi connectivity index (χ0) is 11.4. The molecule has 0 spiro atoms. The predicted octanol–water partition coefficient (Wildman–Crippen LogP) is 2.51. The Morgan fingerprint density at radius 3 is 2.75 bits per heavy atom. The van der Waals surface area contributed by atoms with Gasteiger partial charge in [-0.2, -0.15) is 0 Å². The second-order valence-corrected chi connectivity index (χ2v) is 4.20. The fraction of sp³-hybridized carbons (Fsp3) is 0.538. The standard InChI is InChI=1S/C13H19N3/c1-3-16(2)13-8-7-11(10-15-13)12-6-4-5-9-14-12/h7-8,10H,3-6,9H2,1-2H3. The summed E-state index contributed by atoms with van der Waals surface area (Å²) in [7, 11) is 2.06. The lowest BCUT2D eigenvalue weighted by atomic mass is 10.0. The van der Waals surface area contributed by atoms with Gasteiger partial charge in [0, 0.05) is 37.6 Å². The number of aliphatic imine (C=N–C) groups is 1. The summed E-state index contributed by atoms with van der Waals surface area (Å²) in [5, 5.41) is 0. The minimum Gasteiger partial charge on any atom is -0.360 e. The quantitative estimate of drug-likeness (QED) is 0.778. The average molecular weight is 217 g/mol. The molecule has 0 N–H and O–H groups in total. The number of rotatable bonds is 3. The number of hydrogen-bond donors (Lipinski definition) is 0. The van der Waals surface area contributed by atoms with Crippen molar-refractivity contribution in [3.05, 3.63) is 23.9 Å². The molecule has 0 unspecified atom stereocenters. The highest BCUT2D eigenvalue weighted by atomic mass is 15.1. The third-order valence-corrected chi connectivity index (χ3v) is 3.07. The normalized spacial score (nSPS) is 15.8. The summed E-state index contributed by atoms with van der Waals surface area (Å²) >= 11 is 0. The number of anilines is 1. The van der Waals surface area contributed by atoms with E-state index in [2.05, 4.69) is 41.0 Å². The van der Waals surface area contributed by atoms with Crippen molar-refractivity contribution in [1.29, 1.82) is 0 Å². The molecule has 2 heterocycles. The van der Waals surface area contributed by atoms with E-state index in [9.17, 15) is 0 Å². The third kappa shape index (κ3) is 2.40. The molecule has 1 aromatic rings. The van der Waals surface area contributed by atoms with Crippen molar-refractivity contribution in [2.75, 3.05) is 25.0 Å². The molecule has 2 rings (SSSR count). The van der Waals surface area contributed by atoms with Crippen LogP contribution in [0.5, 0.6) is 0 Å². The van der Waals surface area contributed by atoms with Crippen molar-refractivity contribution < 1.29 is 0 Å². The van der Waals surface area contributed by atoms with Crippen LogP contribution >= 0.6 is 0 Å². The zero-order valence-electron chi connectivity index (χ0n) is 10.1. The molecule has 0 fully saturated rings. The van der Waals surface area contributed by atoms with Gasteiger partial charge in [-0.05, 0) is 38.3 Å². The highest BCUT2D eigenvalue weighted by Gasteiger charge is 2.08. The van der Waals surface area contributed by atoms with E-state index in [4.69, 9.17) is 0 Å². The van der Waals surface area contributed by atoms with Gasteiger partial charge in [0.05, 0.1) is 0 Å². The topological polar surface area (TPSA) is 28.5 Å². The van der Waals surface area contributed by atoms with Crippen LogP contribution in [0.3, 0.4) is 0 Å². The van der Waals surface area contributed by atoms with Crippen molar-refractivity contribution in [1.82, 2.24) is 4.98 Å². The highest BCUT2D eigenvalue weighted by Crippen LogP contribution is 2.15. The SMILES string of the molecule is CCN(C)c1ccc(C2=NCCCC2)cn1. The van der Waals surface area contributed by atoms with E-state index in [-0.39, 0.29) is 0 Å². The van der Waals surface area contributed by atoms with Crippen LogP contribution in [0.4, 0.5) is 5.82 Å². The molecule has 0 bridgehead atoms. The molecule has 3 nitrogen and oxygen atoms in total. The maximum absolute atomic E-state index is 4.56. The Bertz CT molecular complexity index is 367. The monoisotopic (exact) mass is 217 g/mol. The van der Waals surface area contributed by atoms with E-state index in [1.54, 1.807) is 0 Å². The average Bonchev–Trinajstić information content (AvgIpc) is 2.39. The molecule has 86 valence electrons. The van der Waals surface area contributed by atoms with E-state index < -0.39 is 0 Å². The molecule has 0 radical (unpaired) electrons. The van der Waals surface area contributed by atoms with Crippen molar-refractivity contribution in [2.24, 2.45) is 4.99 Å². The lowest BCUT2D eigenvalue weighted by molar-refractivity contribution is 0.738. The lowest BCUT2D eigenvalue weighted by Crippen LogP contribution is -2.17. The maximum Gasteiger partial charge on any atom is 0.128 e. The Hall–Kier alpha value is -1.38. The Morgan fingerprint density at radius 2 is 2.19 bits per heavy atom.